The van der Waals surface area contributed by atoms with Gasteiger partial charge in [-0.05, 0) is 43.7 Å². The third-order valence-corrected chi connectivity index (χ3v) is 4.05. The Labute approximate surface area is 152 Å². The van der Waals surface area contributed by atoms with Crippen LogP contribution in [0.3, 0.4) is 0 Å². The summed E-state index contributed by atoms with van der Waals surface area (Å²) < 4.78 is 30.2. The Morgan fingerprint density at radius 3 is 2.42 bits per heavy atom. The van der Waals surface area contributed by atoms with Gasteiger partial charge in [-0.25, -0.2) is 13.2 Å². The van der Waals surface area contributed by atoms with Gasteiger partial charge in [0.2, 0.25) is 10.0 Å². The van der Waals surface area contributed by atoms with Gasteiger partial charge in [0.15, 0.2) is 0 Å². The summed E-state index contributed by atoms with van der Waals surface area (Å²) in [5, 5.41) is 2.71. The van der Waals surface area contributed by atoms with Gasteiger partial charge >= 0.3 is 5.97 Å². The van der Waals surface area contributed by atoms with E-state index in [2.05, 4.69) is 10.0 Å². The summed E-state index contributed by atoms with van der Waals surface area (Å²) in [6.07, 6.45) is 1.01. The number of para-hydroxylation sites is 1. The Kier molecular flexibility index (Phi) is 5.99. The summed E-state index contributed by atoms with van der Waals surface area (Å²) >= 11 is 0. The predicted molar refractivity (Wildman–Crippen MR) is 100.0 cm³/mol. The summed E-state index contributed by atoms with van der Waals surface area (Å²) in [7, 11) is -3.53. The molecule has 0 radical (unpaired) electrons. The molecule has 0 saturated heterocycles. The monoisotopic (exact) mass is 376 g/mol. The molecule has 2 N–H and O–H groups in total. The minimum Gasteiger partial charge on any atom is -0.462 e. The van der Waals surface area contributed by atoms with Crippen LogP contribution >= 0.6 is 0 Å². The maximum Gasteiger partial charge on any atom is 0.338 e. The van der Waals surface area contributed by atoms with Gasteiger partial charge in [-0.2, -0.15) is 0 Å². The first kappa shape index (κ1) is 19.5. The van der Waals surface area contributed by atoms with Gasteiger partial charge in [0, 0.05) is 5.69 Å². The Bertz CT molecular complexity index is 938. The summed E-state index contributed by atoms with van der Waals surface area (Å²) in [6, 6.07) is 11.1. The first-order valence-electron chi connectivity index (χ1n) is 7.87. The van der Waals surface area contributed by atoms with Crippen molar-refractivity contribution in [3.05, 3.63) is 59.2 Å². The van der Waals surface area contributed by atoms with Crippen molar-refractivity contribution in [3.8, 4) is 0 Å². The number of rotatable bonds is 6. The maximum absolute atomic E-state index is 12.6. The molecule has 138 valence electrons. The fraction of sp³-hybridized carbons (Fsp3) is 0.222. The number of ether oxygens (including phenoxy) is 1. The molecule has 2 aromatic carbocycles. The second kappa shape index (κ2) is 8.01. The van der Waals surface area contributed by atoms with E-state index in [0.29, 0.717) is 11.3 Å². The number of hydrogen-bond donors (Lipinski definition) is 2. The molecule has 0 spiro atoms. The topological polar surface area (TPSA) is 102 Å². The van der Waals surface area contributed by atoms with E-state index in [-0.39, 0.29) is 17.9 Å². The van der Waals surface area contributed by atoms with Crippen molar-refractivity contribution in [3.63, 3.8) is 0 Å². The van der Waals surface area contributed by atoms with Gasteiger partial charge in [-0.1, -0.05) is 18.2 Å². The second-order valence-corrected chi connectivity index (χ2v) is 7.37. The lowest BCUT2D eigenvalue weighted by Crippen LogP contribution is -2.18. The number of amides is 1. The van der Waals surface area contributed by atoms with Gasteiger partial charge in [0.1, 0.15) is 0 Å². The number of aryl methyl sites for hydroxylation is 1. The van der Waals surface area contributed by atoms with Crippen LogP contribution in [0.4, 0.5) is 11.4 Å². The summed E-state index contributed by atoms with van der Waals surface area (Å²) in [6.45, 7) is 3.74. The van der Waals surface area contributed by atoms with Crippen LogP contribution in [0.1, 0.15) is 33.2 Å². The molecule has 0 atom stereocenters. The molecule has 2 aromatic rings. The Balaban J connectivity index is 2.31. The summed E-state index contributed by atoms with van der Waals surface area (Å²) in [5.74, 6) is -0.983. The Hall–Kier alpha value is -2.87. The van der Waals surface area contributed by atoms with Gasteiger partial charge < -0.3 is 10.1 Å². The average molecular weight is 376 g/mol. The van der Waals surface area contributed by atoms with Crippen LogP contribution in [0.25, 0.3) is 0 Å². The van der Waals surface area contributed by atoms with Crippen LogP contribution in [0.5, 0.6) is 0 Å². The molecule has 0 bridgehead atoms. The van der Waals surface area contributed by atoms with E-state index in [0.717, 1.165) is 11.8 Å². The number of hydrogen-bond acceptors (Lipinski definition) is 5. The van der Waals surface area contributed by atoms with Crippen LogP contribution in [0, 0.1) is 6.92 Å². The quantitative estimate of drug-likeness (QED) is 0.755. The third kappa shape index (κ3) is 5.06. The highest BCUT2D eigenvalue weighted by Crippen LogP contribution is 2.22. The number of benzene rings is 2. The molecule has 7 nitrogen and oxygen atoms in total. The lowest BCUT2D eigenvalue weighted by molar-refractivity contribution is 0.0526. The first-order chi connectivity index (χ1) is 12.2. The fourth-order valence-electron chi connectivity index (χ4n) is 2.26. The zero-order valence-electron chi connectivity index (χ0n) is 14.7. The molecular formula is C18H20N2O5S. The van der Waals surface area contributed by atoms with E-state index in [1.807, 2.05) is 0 Å². The normalized spacial score (nSPS) is 10.9. The van der Waals surface area contributed by atoms with Crippen LogP contribution < -0.4 is 10.0 Å². The smallest absolute Gasteiger partial charge is 0.338 e. The highest BCUT2D eigenvalue weighted by atomic mass is 32.2. The number of carbonyl (C=O) groups excluding carboxylic acids is 2. The number of sulfonamides is 1. The number of nitrogens with one attached hydrogen (secondary N) is 2. The minimum atomic E-state index is -3.53. The van der Waals surface area contributed by atoms with Crippen LogP contribution in [-0.4, -0.2) is 33.2 Å². The highest BCUT2D eigenvalue weighted by Gasteiger charge is 2.16. The second-order valence-electron chi connectivity index (χ2n) is 5.62. The summed E-state index contributed by atoms with van der Waals surface area (Å²) in [4.78, 5) is 24.5. The molecule has 0 aliphatic carbocycles. The predicted octanol–water partition coefficient (Wildman–Crippen LogP) is 2.80. The van der Waals surface area contributed by atoms with Gasteiger partial charge in [0.25, 0.3) is 5.91 Å². The van der Waals surface area contributed by atoms with Crippen molar-refractivity contribution >= 4 is 33.3 Å². The number of esters is 1. The molecule has 0 aliphatic heterocycles. The van der Waals surface area contributed by atoms with E-state index >= 15 is 0 Å². The lowest BCUT2D eigenvalue weighted by atomic mass is 10.1. The van der Waals surface area contributed by atoms with Crippen molar-refractivity contribution in [2.75, 3.05) is 22.9 Å². The molecule has 0 saturated carbocycles. The SMILES string of the molecule is CCOC(=O)c1ccc(C)c(NC(=O)c2ccccc2NS(C)(=O)=O)c1. The molecule has 1 amide bonds. The molecule has 26 heavy (non-hydrogen) atoms. The van der Waals surface area contributed by atoms with Crippen molar-refractivity contribution in [2.24, 2.45) is 0 Å². The fourth-order valence-corrected chi connectivity index (χ4v) is 2.84. The zero-order valence-corrected chi connectivity index (χ0v) is 15.5. The van der Waals surface area contributed by atoms with Gasteiger partial charge in [0.05, 0.1) is 29.7 Å². The molecule has 2 rings (SSSR count). The molecule has 0 fully saturated rings. The van der Waals surface area contributed by atoms with Crippen molar-refractivity contribution in [2.45, 2.75) is 13.8 Å². The molecule has 0 aliphatic rings. The zero-order chi connectivity index (χ0) is 19.3. The van der Waals surface area contributed by atoms with E-state index in [1.54, 1.807) is 38.1 Å². The standard InChI is InChI=1S/C18H20N2O5S/c1-4-25-18(22)13-10-9-12(2)16(11-13)19-17(21)14-7-5-6-8-15(14)20-26(3,23)24/h5-11,20H,4H2,1-3H3,(H,19,21). The van der Waals surface area contributed by atoms with E-state index < -0.39 is 21.9 Å². The maximum atomic E-state index is 12.6. The van der Waals surface area contributed by atoms with Crippen LogP contribution in [0.15, 0.2) is 42.5 Å². The minimum absolute atomic E-state index is 0.166. The van der Waals surface area contributed by atoms with E-state index in [9.17, 15) is 18.0 Å². The molecule has 0 unspecified atom stereocenters. The van der Waals surface area contributed by atoms with Crippen LogP contribution in [0.2, 0.25) is 0 Å². The van der Waals surface area contributed by atoms with Gasteiger partial charge in [-0.3, -0.25) is 9.52 Å². The molecule has 0 aromatic heterocycles. The van der Waals surface area contributed by atoms with E-state index in [4.69, 9.17) is 4.74 Å². The van der Waals surface area contributed by atoms with Crippen LogP contribution in [-0.2, 0) is 14.8 Å². The van der Waals surface area contributed by atoms with Crippen molar-refractivity contribution < 1.29 is 22.7 Å². The van der Waals surface area contributed by atoms with Crippen molar-refractivity contribution in [1.29, 1.82) is 0 Å². The largest absolute Gasteiger partial charge is 0.462 e. The lowest BCUT2D eigenvalue weighted by Gasteiger charge is -2.13. The highest BCUT2D eigenvalue weighted by molar-refractivity contribution is 7.92. The average Bonchev–Trinajstić information content (AvgIpc) is 2.56. The molecule has 8 heteroatoms. The van der Waals surface area contributed by atoms with Crippen molar-refractivity contribution in [1.82, 2.24) is 0 Å². The Morgan fingerprint density at radius 1 is 1.08 bits per heavy atom. The first-order valence-corrected chi connectivity index (χ1v) is 9.76. The number of carbonyl (C=O) groups is 2. The number of anilines is 2. The van der Waals surface area contributed by atoms with E-state index in [1.165, 1.54) is 18.2 Å². The molecule has 0 heterocycles. The Morgan fingerprint density at radius 2 is 1.77 bits per heavy atom. The third-order valence-electron chi connectivity index (χ3n) is 3.46. The van der Waals surface area contributed by atoms with Gasteiger partial charge in [-0.15, -0.1) is 0 Å². The molecular weight excluding hydrogens is 356 g/mol. The summed E-state index contributed by atoms with van der Waals surface area (Å²) in [5.41, 5.74) is 1.84.